The van der Waals surface area contributed by atoms with Crippen molar-refractivity contribution in [3.05, 3.63) is 72.8 Å². The maximum absolute atomic E-state index is 14.4. The van der Waals surface area contributed by atoms with Crippen molar-refractivity contribution >= 4 is 107 Å². The minimum absolute atomic E-state index is 1.41. The van der Waals surface area contributed by atoms with Crippen molar-refractivity contribution in [1.82, 2.24) is 0 Å². The van der Waals surface area contributed by atoms with Crippen LogP contribution in [0.15, 0.2) is 112 Å². The lowest BCUT2D eigenvalue weighted by molar-refractivity contribution is -0.0445. The van der Waals surface area contributed by atoms with Gasteiger partial charge in [-0.1, -0.05) is 48.5 Å². The second-order valence-electron chi connectivity index (χ2n) is 15.4. The monoisotopic (exact) mass is 1370 g/mol. The Balaban J connectivity index is 3.02. The summed E-state index contributed by atoms with van der Waals surface area (Å²) in [5, 5.41) is 0. The Morgan fingerprint density at radius 1 is 0.185 bits per heavy atom. The molecule has 0 N–H and O–H groups in total. The molecule has 0 unspecified atom stereocenters. The van der Waals surface area contributed by atoms with Crippen LogP contribution in [0.3, 0.4) is 0 Å². The largest absolute Gasteiger partial charge is 0.501 e. The van der Waals surface area contributed by atoms with E-state index in [1.54, 1.807) is 0 Å². The van der Waals surface area contributed by atoms with Gasteiger partial charge in [-0.05, 0) is 24.3 Å². The van der Waals surface area contributed by atoms with E-state index in [0.717, 1.165) is 0 Å². The van der Waals surface area contributed by atoms with E-state index in [-0.39, 0.29) is 0 Å². The Morgan fingerprint density at radius 3 is 0.346 bits per heavy atom. The van der Waals surface area contributed by atoms with E-state index in [0.29, 0.717) is 0 Å². The molecule has 81 heavy (non-hydrogen) atoms. The number of hydrogen-bond donors (Lipinski definition) is 0. The van der Waals surface area contributed by atoms with E-state index in [2.05, 4.69) is 0 Å². The molecule has 0 aromatic heterocycles. The Labute approximate surface area is 433 Å². The van der Waals surface area contributed by atoms with Gasteiger partial charge in [0.15, 0.2) is 0 Å². The van der Waals surface area contributed by atoms with Crippen LogP contribution in [0.2, 0.25) is 0 Å². The third-order valence-electron chi connectivity index (χ3n) is 10.5. The molecule has 0 bridgehead atoms. The topological polar surface area (TPSA) is 273 Å². The van der Waals surface area contributed by atoms with Gasteiger partial charge in [-0.15, -0.1) is 0 Å². The van der Waals surface area contributed by atoms with Crippen LogP contribution in [-0.2, 0) is 78.7 Å². The highest BCUT2D eigenvalue weighted by Crippen LogP contribution is 2.42. The number of hydrogen-bond acceptors (Lipinski definition) is 16. The van der Waals surface area contributed by atoms with Gasteiger partial charge in [0, 0.05) is 0 Å². The smallest absolute Gasteiger partial charge is 0.214 e. The molecule has 0 spiro atoms. The highest BCUT2D eigenvalue weighted by molar-refractivity contribution is 7.95. The van der Waals surface area contributed by atoms with Gasteiger partial charge in [-0.25, -0.2) is 67.3 Å². The zero-order valence-corrected chi connectivity index (χ0v) is 42.9. The molecular formula is C32H12BF24O16S8-. The number of rotatable bonds is 12. The van der Waals surface area contributed by atoms with E-state index in [1.165, 1.54) is 0 Å². The molecule has 0 atom stereocenters. The third-order valence-corrected chi connectivity index (χ3v) is 22.3. The molecule has 0 aliphatic carbocycles. The predicted octanol–water partition coefficient (Wildman–Crippen LogP) is 5.41. The summed E-state index contributed by atoms with van der Waals surface area (Å²) in [7, 11) is -64.2. The zero-order valence-electron chi connectivity index (χ0n) is 36.4. The second-order valence-corrected chi connectivity index (χ2v) is 30.9. The van der Waals surface area contributed by atoms with Crippen LogP contribution in [0.5, 0.6) is 0 Å². The fourth-order valence-corrected chi connectivity index (χ4v) is 13.9. The van der Waals surface area contributed by atoms with Gasteiger partial charge in [0.05, 0.1) is 39.2 Å². The van der Waals surface area contributed by atoms with E-state index in [1.807, 2.05) is 0 Å². The summed E-state index contributed by atoms with van der Waals surface area (Å²) < 4.78 is 553. The SMILES string of the molecule is O=S(=O)(c1cc([B-](c2cc(S(=O)(=O)C(F)(F)F)cc(S(=O)(=O)C(F)(F)F)c2)(c2cc(S(=O)(=O)C(F)(F)F)cc(S(=O)(=O)C(F)(F)F)c2)c2cc(S(=O)(=O)C(F)(F)F)cc(S(=O)(=O)C(F)(F)F)c2)cc(S(=O)(=O)C(F)(F)F)c1)C(F)(F)F. The van der Waals surface area contributed by atoms with E-state index in [9.17, 15) is 173 Å². The minimum atomic E-state index is -8.03. The first kappa shape index (κ1) is 68.4. The Hall–Kier alpha value is -5.14. The molecule has 0 saturated carbocycles. The molecule has 456 valence electrons. The van der Waals surface area contributed by atoms with Crippen LogP contribution >= 0.6 is 0 Å². The molecule has 0 saturated heterocycles. The summed E-state index contributed by atoms with van der Waals surface area (Å²) in [4.78, 5) is -27.3. The van der Waals surface area contributed by atoms with Crippen molar-refractivity contribution in [2.45, 2.75) is 83.2 Å². The summed E-state index contributed by atoms with van der Waals surface area (Å²) in [6.45, 7) is 0. The molecule has 4 aromatic carbocycles. The molecule has 4 aromatic rings. The number of sulfone groups is 8. The Bertz CT molecular complexity index is 3420. The molecular weight excluding hydrogens is 1360 g/mol. The summed E-state index contributed by atoms with van der Waals surface area (Å²) in [5.74, 6) is 0. The van der Waals surface area contributed by atoms with Crippen molar-refractivity contribution in [3.8, 4) is 0 Å². The lowest BCUT2D eigenvalue weighted by atomic mass is 9.13. The minimum Gasteiger partial charge on any atom is -0.214 e. The first-order valence-electron chi connectivity index (χ1n) is 18.6. The van der Waals surface area contributed by atoms with E-state index in [4.69, 9.17) is 0 Å². The van der Waals surface area contributed by atoms with Crippen LogP contribution < -0.4 is 21.9 Å². The molecule has 0 radical (unpaired) electrons. The third kappa shape index (κ3) is 11.4. The Kier molecular flexibility index (Phi) is 16.4. The maximum atomic E-state index is 14.4. The van der Waals surface area contributed by atoms with Gasteiger partial charge in [0.1, 0.15) is 6.15 Å². The van der Waals surface area contributed by atoms with Crippen molar-refractivity contribution in [2.24, 2.45) is 0 Å². The molecule has 0 amide bonds. The number of benzene rings is 4. The van der Waals surface area contributed by atoms with Gasteiger partial charge in [0.2, 0.25) is 0 Å². The average molecular weight is 1380 g/mol. The molecule has 4 rings (SSSR count). The van der Waals surface area contributed by atoms with Crippen molar-refractivity contribution < 1.29 is 173 Å². The van der Waals surface area contributed by atoms with E-state index < -0.39 is 263 Å². The lowest BCUT2D eigenvalue weighted by Gasteiger charge is -2.45. The average Bonchev–Trinajstić information content (AvgIpc) is 3.25. The molecule has 0 aliphatic heterocycles. The lowest BCUT2D eigenvalue weighted by Crippen LogP contribution is -2.75. The van der Waals surface area contributed by atoms with Crippen molar-refractivity contribution in [2.75, 3.05) is 0 Å². The van der Waals surface area contributed by atoms with Crippen LogP contribution in [0.4, 0.5) is 105 Å². The van der Waals surface area contributed by atoms with Crippen LogP contribution in [-0.4, -0.2) is 118 Å². The highest BCUT2D eigenvalue weighted by atomic mass is 32.2. The first-order valence-corrected chi connectivity index (χ1v) is 30.4. The predicted molar refractivity (Wildman–Crippen MR) is 216 cm³/mol. The van der Waals surface area contributed by atoms with Crippen LogP contribution in [0.1, 0.15) is 0 Å². The highest BCUT2D eigenvalue weighted by Gasteiger charge is 2.57. The van der Waals surface area contributed by atoms with Gasteiger partial charge >= 0.3 is 44.1 Å². The van der Waals surface area contributed by atoms with Gasteiger partial charge in [-0.2, -0.15) is 127 Å². The molecule has 0 aliphatic rings. The van der Waals surface area contributed by atoms with Crippen molar-refractivity contribution in [3.63, 3.8) is 0 Å². The van der Waals surface area contributed by atoms with Crippen LogP contribution in [0.25, 0.3) is 0 Å². The molecule has 16 nitrogen and oxygen atoms in total. The van der Waals surface area contributed by atoms with Crippen LogP contribution in [0, 0.1) is 0 Å². The number of halogens is 24. The van der Waals surface area contributed by atoms with Gasteiger partial charge in [0.25, 0.3) is 78.7 Å². The molecule has 0 fully saturated rings. The number of alkyl halides is 24. The fourth-order valence-electron chi connectivity index (χ4n) is 6.84. The standard InChI is InChI=1S/C32H12BF24O16S8/c34-25(35,36)74(58,59)17-1-13(2-18(9-17)75(60,61)26(37,38)39)33(14-3-19(76(62,63)27(40,41)42)10-20(4-14)77(64,65)28(43,44)45,15-5-21(78(66,67)29(46,47)48)11-22(6-15)79(68,69)30(49,50)51)16-7-23(80(70,71)31(52,53)54)12-24(8-16)81(72,73)32(55,56)57/h1-12H/q-1. The zero-order chi connectivity index (χ0) is 63.9. The quantitative estimate of drug-likeness (QED) is 0.127. The molecule has 49 heteroatoms. The fraction of sp³-hybridized carbons (Fsp3) is 0.250. The summed E-state index contributed by atoms with van der Waals surface area (Å²) in [6.07, 6.45) is -7.17. The Morgan fingerprint density at radius 2 is 0.272 bits per heavy atom. The van der Waals surface area contributed by atoms with Gasteiger partial charge in [-0.3, -0.25) is 0 Å². The normalized spacial score (nSPS) is 15.2. The summed E-state index contributed by atoms with van der Waals surface area (Å²) in [5.41, 5.74) is -71.0. The second kappa shape index (κ2) is 19.5. The first-order chi connectivity index (χ1) is 35.3. The van der Waals surface area contributed by atoms with Crippen molar-refractivity contribution in [1.29, 1.82) is 0 Å². The summed E-state index contributed by atoms with van der Waals surface area (Å²) >= 11 is 0. The maximum Gasteiger partial charge on any atom is 0.501 e. The summed E-state index contributed by atoms with van der Waals surface area (Å²) in [6, 6.07) is -17.0. The molecule has 0 heterocycles. The van der Waals surface area contributed by atoms with Gasteiger partial charge < -0.3 is 0 Å². The van der Waals surface area contributed by atoms with E-state index >= 15 is 0 Å².